The second-order valence-corrected chi connectivity index (χ2v) is 4.96. The van der Waals surface area contributed by atoms with Crippen molar-refractivity contribution in [2.45, 2.75) is 38.3 Å². The summed E-state index contributed by atoms with van der Waals surface area (Å²) >= 11 is 0. The molecule has 2 nitrogen and oxygen atoms in total. The van der Waals surface area contributed by atoms with Crippen molar-refractivity contribution in [1.29, 1.82) is 0 Å². The van der Waals surface area contributed by atoms with E-state index in [1.54, 1.807) is 0 Å². The van der Waals surface area contributed by atoms with Crippen molar-refractivity contribution in [3.8, 4) is 0 Å². The summed E-state index contributed by atoms with van der Waals surface area (Å²) in [4.78, 5) is 2.38. The fourth-order valence-electron chi connectivity index (χ4n) is 2.30. The molecule has 4 heteroatoms. The van der Waals surface area contributed by atoms with Crippen LogP contribution < -0.4 is 5.73 Å². The average molecular weight is 254 g/mol. The van der Waals surface area contributed by atoms with E-state index in [2.05, 4.69) is 11.8 Å². The van der Waals surface area contributed by atoms with E-state index in [0.29, 0.717) is 11.6 Å². The van der Waals surface area contributed by atoms with Crippen LogP contribution in [0.5, 0.6) is 0 Å². The normalized spacial score (nSPS) is 17.2. The van der Waals surface area contributed by atoms with Crippen molar-refractivity contribution in [3.05, 3.63) is 35.4 Å². The van der Waals surface area contributed by atoms with Crippen LogP contribution >= 0.6 is 0 Å². The van der Waals surface area contributed by atoms with Crippen LogP contribution in [0.4, 0.5) is 8.78 Å². The summed E-state index contributed by atoms with van der Waals surface area (Å²) < 4.78 is 26.2. The van der Waals surface area contributed by atoms with E-state index < -0.39 is 11.6 Å². The van der Waals surface area contributed by atoms with Gasteiger partial charge in [-0.1, -0.05) is 6.92 Å². The molecule has 0 aliphatic heterocycles. The van der Waals surface area contributed by atoms with Crippen LogP contribution in [0.2, 0.25) is 0 Å². The Bertz CT molecular complexity index is 385. The molecule has 1 aromatic rings. The van der Waals surface area contributed by atoms with E-state index in [1.807, 2.05) is 0 Å². The molecule has 1 fully saturated rings. The number of hydrogen-bond acceptors (Lipinski definition) is 2. The Morgan fingerprint density at radius 1 is 1.28 bits per heavy atom. The van der Waals surface area contributed by atoms with Gasteiger partial charge in [0.15, 0.2) is 0 Å². The molecule has 1 aliphatic rings. The van der Waals surface area contributed by atoms with Crippen molar-refractivity contribution in [3.63, 3.8) is 0 Å². The quantitative estimate of drug-likeness (QED) is 0.845. The van der Waals surface area contributed by atoms with Gasteiger partial charge < -0.3 is 10.6 Å². The Morgan fingerprint density at radius 2 is 1.89 bits per heavy atom. The van der Waals surface area contributed by atoms with Crippen LogP contribution in [0.15, 0.2) is 18.2 Å². The third-order valence-electron chi connectivity index (χ3n) is 3.51. The lowest BCUT2D eigenvalue weighted by molar-refractivity contribution is 0.266. The molecular formula is C14H20F2N2. The summed E-state index contributed by atoms with van der Waals surface area (Å²) in [5.41, 5.74) is 6.54. The summed E-state index contributed by atoms with van der Waals surface area (Å²) in [5, 5.41) is 0. The van der Waals surface area contributed by atoms with Gasteiger partial charge in [-0.05, 0) is 43.5 Å². The van der Waals surface area contributed by atoms with Crippen molar-refractivity contribution in [1.82, 2.24) is 4.90 Å². The van der Waals surface area contributed by atoms with Crippen LogP contribution in [0.1, 0.15) is 37.8 Å². The lowest BCUT2D eigenvalue weighted by Gasteiger charge is -2.22. The Balaban J connectivity index is 1.91. The average Bonchev–Trinajstić information content (AvgIpc) is 3.12. The predicted molar refractivity (Wildman–Crippen MR) is 68.2 cm³/mol. The molecule has 0 radical (unpaired) electrons. The summed E-state index contributed by atoms with van der Waals surface area (Å²) in [6.07, 6.45) is 3.25. The molecule has 1 aliphatic carbocycles. The summed E-state index contributed by atoms with van der Waals surface area (Å²) in [6, 6.07) is 3.91. The fraction of sp³-hybridized carbons (Fsp3) is 0.571. The number of rotatable bonds is 6. The molecular weight excluding hydrogens is 234 g/mol. The van der Waals surface area contributed by atoms with Gasteiger partial charge >= 0.3 is 0 Å². The molecule has 0 aromatic heterocycles. The Morgan fingerprint density at radius 3 is 2.39 bits per heavy atom. The number of hydrogen-bond donors (Lipinski definition) is 1. The minimum atomic E-state index is -0.560. The lowest BCUT2D eigenvalue weighted by atomic mass is 10.0. The fourth-order valence-corrected chi connectivity index (χ4v) is 2.30. The monoisotopic (exact) mass is 254 g/mol. The van der Waals surface area contributed by atoms with Gasteiger partial charge in [-0.3, -0.25) is 0 Å². The Labute approximate surface area is 107 Å². The molecule has 2 N–H and O–H groups in total. The van der Waals surface area contributed by atoms with E-state index in [9.17, 15) is 8.78 Å². The van der Waals surface area contributed by atoms with Crippen molar-refractivity contribution in [2.75, 3.05) is 13.1 Å². The first-order valence-electron chi connectivity index (χ1n) is 6.55. The number of benzene rings is 1. The first kappa shape index (κ1) is 13.4. The second kappa shape index (κ2) is 5.76. The zero-order valence-corrected chi connectivity index (χ0v) is 10.7. The topological polar surface area (TPSA) is 29.3 Å². The van der Waals surface area contributed by atoms with Gasteiger partial charge in [0, 0.05) is 24.7 Å². The summed E-state index contributed by atoms with van der Waals surface area (Å²) in [6.45, 7) is 4.03. The van der Waals surface area contributed by atoms with E-state index in [0.717, 1.165) is 25.6 Å². The predicted octanol–water partition coefficient (Wildman–Crippen LogP) is 2.84. The molecule has 0 bridgehead atoms. The molecule has 1 aromatic carbocycles. The smallest absolute Gasteiger partial charge is 0.126 e. The van der Waals surface area contributed by atoms with Gasteiger partial charge in [0.05, 0.1) is 0 Å². The molecule has 0 saturated heterocycles. The first-order chi connectivity index (χ1) is 8.60. The van der Waals surface area contributed by atoms with E-state index in [-0.39, 0.29) is 6.04 Å². The molecule has 0 heterocycles. The van der Waals surface area contributed by atoms with Gasteiger partial charge in [-0.15, -0.1) is 0 Å². The Hall–Kier alpha value is -1.00. The van der Waals surface area contributed by atoms with Crippen LogP contribution in [0, 0.1) is 11.6 Å². The zero-order valence-electron chi connectivity index (χ0n) is 10.7. The minimum absolute atomic E-state index is 0.303. The maximum atomic E-state index is 13.1. The van der Waals surface area contributed by atoms with Crippen LogP contribution in [-0.4, -0.2) is 24.0 Å². The highest BCUT2D eigenvalue weighted by Crippen LogP contribution is 2.27. The molecule has 0 amide bonds. The third-order valence-corrected chi connectivity index (χ3v) is 3.51. The number of halogens is 2. The molecule has 1 saturated carbocycles. The minimum Gasteiger partial charge on any atom is -0.324 e. The van der Waals surface area contributed by atoms with Crippen molar-refractivity contribution >= 4 is 0 Å². The third kappa shape index (κ3) is 3.50. The van der Waals surface area contributed by atoms with Crippen LogP contribution in [0.25, 0.3) is 0 Å². The Kier molecular flexibility index (Phi) is 4.30. The van der Waals surface area contributed by atoms with Crippen molar-refractivity contribution in [2.24, 2.45) is 5.73 Å². The van der Waals surface area contributed by atoms with E-state index in [4.69, 9.17) is 5.73 Å². The van der Waals surface area contributed by atoms with E-state index in [1.165, 1.54) is 25.0 Å². The molecule has 0 spiro atoms. The van der Waals surface area contributed by atoms with Gasteiger partial charge in [0.1, 0.15) is 11.6 Å². The molecule has 1 unspecified atom stereocenters. The molecule has 2 rings (SSSR count). The van der Waals surface area contributed by atoms with Crippen molar-refractivity contribution < 1.29 is 8.78 Å². The molecule has 18 heavy (non-hydrogen) atoms. The van der Waals surface area contributed by atoms with Crippen LogP contribution in [0.3, 0.4) is 0 Å². The maximum absolute atomic E-state index is 13.1. The largest absolute Gasteiger partial charge is 0.324 e. The van der Waals surface area contributed by atoms with Gasteiger partial charge in [0.25, 0.3) is 0 Å². The van der Waals surface area contributed by atoms with Crippen LogP contribution in [-0.2, 0) is 0 Å². The SMILES string of the molecule is CCN(CCC(N)c1cc(F)cc(F)c1)C1CC1. The highest BCUT2D eigenvalue weighted by molar-refractivity contribution is 5.21. The molecule has 100 valence electrons. The second-order valence-electron chi connectivity index (χ2n) is 4.96. The number of nitrogens with two attached hydrogens (primary N) is 1. The van der Waals surface area contributed by atoms with E-state index >= 15 is 0 Å². The standard InChI is InChI=1S/C14H20F2N2/c1-2-18(13-3-4-13)6-5-14(17)10-7-11(15)9-12(16)8-10/h7-9,13-14H,2-6,17H2,1H3. The summed E-state index contributed by atoms with van der Waals surface area (Å²) in [5.74, 6) is -1.12. The zero-order chi connectivity index (χ0) is 13.1. The molecule has 1 atom stereocenters. The maximum Gasteiger partial charge on any atom is 0.126 e. The highest BCUT2D eigenvalue weighted by atomic mass is 19.1. The summed E-state index contributed by atoms with van der Waals surface area (Å²) in [7, 11) is 0. The highest BCUT2D eigenvalue weighted by Gasteiger charge is 2.27. The van der Waals surface area contributed by atoms with Gasteiger partial charge in [-0.25, -0.2) is 8.78 Å². The van der Waals surface area contributed by atoms with Gasteiger partial charge in [-0.2, -0.15) is 0 Å². The number of nitrogens with zero attached hydrogens (tertiary/aromatic N) is 1. The first-order valence-corrected chi connectivity index (χ1v) is 6.55. The van der Waals surface area contributed by atoms with Gasteiger partial charge in [0.2, 0.25) is 0 Å². The lowest BCUT2D eigenvalue weighted by Crippen LogP contribution is -2.29.